The Hall–Kier alpha value is -1.73. The first-order valence-electron chi connectivity index (χ1n) is 4.95. The minimum absolute atomic E-state index is 0.0178. The molecule has 0 spiro atoms. The van der Waals surface area contributed by atoms with E-state index in [1.165, 1.54) is 29.1 Å². The predicted molar refractivity (Wildman–Crippen MR) is 69.9 cm³/mol. The molecular formula is C10H11ClN4O2S. The SMILES string of the molecule is Cn1cc(NS(=O)(=O)c2ccc(Cl)cc2N)cn1. The van der Waals surface area contributed by atoms with Gasteiger partial charge in [0, 0.05) is 18.3 Å². The lowest BCUT2D eigenvalue weighted by molar-refractivity contribution is 0.601. The second-order valence-corrected chi connectivity index (χ2v) is 5.78. The van der Waals surface area contributed by atoms with Crippen LogP contribution < -0.4 is 10.5 Å². The number of nitrogens with two attached hydrogens (primary N) is 1. The molecule has 0 fully saturated rings. The Bertz CT molecular complexity index is 681. The molecule has 0 saturated heterocycles. The molecule has 2 rings (SSSR count). The summed E-state index contributed by atoms with van der Waals surface area (Å²) in [6, 6.07) is 4.21. The van der Waals surface area contributed by atoms with Gasteiger partial charge in [-0.3, -0.25) is 9.40 Å². The van der Waals surface area contributed by atoms with E-state index in [4.69, 9.17) is 17.3 Å². The quantitative estimate of drug-likeness (QED) is 0.836. The second kappa shape index (κ2) is 4.51. The largest absolute Gasteiger partial charge is 0.398 e. The summed E-state index contributed by atoms with van der Waals surface area (Å²) < 4.78 is 28.0. The minimum atomic E-state index is -3.73. The van der Waals surface area contributed by atoms with Gasteiger partial charge in [0.1, 0.15) is 4.90 Å². The number of anilines is 2. The van der Waals surface area contributed by atoms with E-state index in [-0.39, 0.29) is 10.6 Å². The third-order valence-corrected chi connectivity index (χ3v) is 3.91. The van der Waals surface area contributed by atoms with Crippen LogP contribution in [0.3, 0.4) is 0 Å². The van der Waals surface area contributed by atoms with Crippen LogP contribution >= 0.6 is 11.6 Å². The van der Waals surface area contributed by atoms with Crippen molar-refractivity contribution in [2.45, 2.75) is 4.90 Å². The Morgan fingerprint density at radius 2 is 2.17 bits per heavy atom. The van der Waals surface area contributed by atoms with Crippen LogP contribution in [0.5, 0.6) is 0 Å². The molecule has 3 N–H and O–H groups in total. The van der Waals surface area contributed by atoms with Gasteiger partial charge in [-0.15, -0.1) is 0 Å². The number of sulfonamides is 1. The third-order valence-electron chi connectivity index (χ3n) is 2.22. The van der Waals surface area contributed by atoms with Gasteiger partial charge in [0.25, 0.3) is 10.0 Å². The monoisotopic (exact) mass is 286 g/mol. The van der Waals surface area contributed by atoms with Crippen molar-refractivity contribution in [2.24, 2.45) is 7.05 Å². The molecule has 6 nitrogen and oxygen atoms in total. The summed E-state index contributed by atoms with van der Waals surface area (Å²) in [6.07, 6.45) is 2.95. The molecule has 0 aliphatic carbocycles. The third kappa shape index (κ3) is 2.57. The van der Waals surface area contributed by atoms with Crippen molar-refractivity contribution in [1.82, 2.24) is 9.78 Å². The molecule has 0 radical (unpaired) electrons. The van der Waals surface area contributed by atoms with Gasteiger partial charge in [-0.05, 0) is 18.2 Å². The average molecular weight is 287 g/mol. The zero-order chi connectivity index (χ0) is 13.3. The van der Waals surface area contributed by atoms with Gasteiger partial charge in [-0.2, -0.15) is 5.10 Å². The highest BCUT2D eigenvalue weighted by Gasteiger charge is 2.18. The van der Waals surface area contributed by atoms with Crippen molar-refractivity contribution in [2.75, 3.05) is 10.5 Å². The van der Waals surface area contributed by atoms with Crippen LogP contribution in [0.4, 0.5) is 11.4 Å². The number of halogens is 1. The van der Waals surface area contributed by atoms with E-state index in [9.17, 15) is 8.42 Å². The first kappa shape index (κ1) is 12.7. The fraction of sp³-hybridized carbons (Fsp3) is 0.100. The molecule has 96 valence electrons. The number of rotatable bonds is 3. The molecule has 0 unspecified atom stereocenters. The number of benzene rings is 1. The lowest BCUT2D eigenvalue weighted by atomic mass is 10.3. The zero-order valence-electron chi connectivity index (χ0n) is 9.46. The van der Waals surface area contributed by atoms with Gasteiger partial charge in [0.05, 0.1) is 17.6 Å². The topological polar surface area (TPSA) is 90.0 Å². The molecule has 1 heterocycles. The van der Waals surface area contributed by atoms with E-state index in [0.29, 0.717) is 10.7 Å². The highest BCUT2D eigenvalue weighted by atomic mass is 35.5. The van der Waals surface area contributed by atoms with Crippen molar-refractivity contribution in [3.63, 3.8) is 0 Å². The van der Waals surface area contributed by atoms with Gasteiger partial charge in [0.2, 0.25) is 0 Å². The molecule has 1 aromatic carbocycles. The summed E-state index contributed by atoms with van der Waals surface area (Å²) >= 11 is 5.72. The Morgan fingerprint density at radius 1 is 1.44 bits per heavy atom. The van der Waals surface area contributed by atoms with Gasteiger partial charge < -0.3 is 5.73 Å². The summed E-state index contributed by atoms with van der Waals surface area (Å²) in [5.74, 6) is 0. The number of nitrogen functional groups attached to an aromatic ring is 1. The Balaban J connectivity index is 2.36. The molecular weight excluding hydrogens is 276 g/mol. The summed E-state index contributed by atoms with van der Waals surface area (Å²) in [5, 5.41) is 4.25. The van der Waals surface area contributed by atoms with Crippen LogP contribution in [0.15, 0.2) is 35.5 Å². The van der Waals surface area contributed by atoms with Crippen molar-refractivity contribution in [3.05, 3.63) is 35.6 Å². The number of nitrogens with one attached hydrogen (secondary N) is 1. The maximum atomic E-state index is 12.1. The molecule has 0 atom stereocenters. The van der Waals surface area contributed by atoms with E-state index >= 15 is 0 Å². The molecule has 18 heavy (non-hydrogen) atoms. The lowest BCUT2D eigenvalue weighted by Crippen LogP contribution is -2.14. The molecule has 1 aromatic heterocycles. The maximum Gasteiger partial charge on any atom is 0.264 e. The molecule has 0 aliphatic heterocycles. The van der Waals surface area contributed by atoms with Crippen molar-refractivity contribution in [1.29, 1.82) is 0 Å². The van der Waals surface area contributed by atoms with Crippen molar-refractivity contribution < 1.29 is 8.42 Å². The second-order valence-electron chi connectivity index (χ2n) is 3.69. The van der Waals surface area contributed by atoms with Gasteiger partial charge in [0.15, 0.2) is 0 Å². The Morgan fingerprint density at radius 3 is 2.72 bits per heavy atom. The van der Waals surface area contributed by atoms with Crippen LogP contribution in [0.25, 0.3) is 0 Å². The molecule has 0 bridgehead atoms. The van der Waals surface area contributed by atoms with Crippen LogP contribution in [0.1, 0.15) is 0 Å². The highest BCUT2D eigenvalue weighted by molar-refractivity contribution is 7.92. The normalized spacial score (nSPS) is 11.4. The van der Waals surface area contributed by atoms with Crippen LogP contribution in [-0.2, 0) is 17.1 Å². The zero-order valence-corrected chi connectivity index (χ0v) is 11.0. The molecule has 0 saturated carbocycles. The predicted octanol–water partition coefficient (Wildman–Crippen LogP) is 1.46. The summed E-state index contributed by atoms with van der Waals surface area (Å²) in [7, 11) is -2.05. The number of hydrogen-bond donors (Lipinski definition) is 2. The smallest absolute Gasteiger partial charge is 0.264 e. The summed E-state index contributed by atoms with van der Waals surface area (Å²) in [6.45, 7) is 0. The molecule has 2 aromatic rings. The van der Waals surface area contributed by atoms with Crippen molar-refractivity contribution in [3.8, 4) is 0 Å². The number of hydrogen-bond acceptors (Lipinski definition) is 4. The lowest BCUT2D eigenvalue weighted by Gasteiger charge is -2.08. The number of aromatic nitrogens is 2. The van der Waals surface area contributed by atoms with Gasteiger partial charge in [-0.1, -0.05) is 11.6 Å². The van der Waals surface area contributed by atoms with E-state index < -0.39 is 10.0 Å². The minimum Gasteiger partial charge on any atom is -0.398 e. The fourth-order valence-corrected chi connectivity index (χ4v) is 2.77. The summed E-state index contributed by atoms with van der Waals surface area (Å²) in [5.41, 5.74) is 6.11. The van der Waals surface area contributed by atoms with E-state index in [1.54, 1.807) is 13.2 Å². The average Bonchev–Trinajstić information content (AvgIpc) is 2.62. The van der Waals surface area contributed by atoms with E-state index in [0.717, 1.165) is 0 Å². The maximum absolute atomic E-state index is 12.1. The van der Waals surface area contributed by atoms with Crippen molar-refractivity contribution >= 4 is 33.0 Å². The fourth-order valence-electron chi connectivity index (χ4n) is 1.45. The molecule has 8 heteroatoms. The standard InChI is InChI=1S/C10H11ClN4O2S/c1-15-6-8(5-13-15)14-18(16,17)10-3-2-7(11)4-9(10)12/h2-6,14H,12H2,1H3. The highest BCUT2D eigenvalue weighted by Crippen LogP contribution is 2.24. The van der Waals surface area contributed by atoms with Crippen LogP contribution in [0.2, 0.25) is 5.02 Å². The van der Waals surface area contributed by atoms with Crippen LogP contribution in [-0.4, -0.2) is 18.2 Å². The van der Waals surface area contributed by atoms with E-state index in [2.05, 4.69) is 9.82 Å². The Labute approximate surface area is 109 Å². The van der Waals surface area contributed by atoms with E-state index in [1.807, 2.05) is 0 Å². The molecule has 0 aliphatic rings. The number of nitrogens with zero attached hydrogens (tertiary/aromatic N) is 2. The summed E-state index contributed by atoms with van der Waals surface area (Å²) in [4.78, 5) is -0.0178. The molecule has 0 amide bonds. The van der Waals surface area contributed by atoms with Crippen LogP contribution in [0, 0.1) is 0 Å². The van der Waals surface area contributed by atoms with Gasteiger partial charge in [-0.25, -0.2) is 8.42 Å². The number of aryl methyl sites for hydroxylation is 1. The van der Waals surface area contributed by atoms with Gasteiger partial charge >= 0.3 is 0 Å². The Kier molecular flexibility index (Phi) is 3.18. The first-order valence-corrected chi connectivity index (χ1v) is 6.81. The first-order chi connectivity index (χ1) is 8.38.